The minimum absolute atomic E-state index is 0. The zero-order chi connectivity index (χ0) is 12.8. The van der Waals surface area contributed by atoms with Crippen LogP contribution in [0.4, 0.5) is 0 Å². The topological polar surface area (TPSA) is 50.4 Å². The van der Waals surface area contributed by atoms with E-state index in [0.29, 0.717) is 6.54 Å². The van der Waals surface area contributed by atoms with Crippen LogP contribution in [0.15, 0.2) is 24.3 Å². The highest BCUT2D eigenvalue weighted by atomic mass is 35.5. The van der Waals surface area contributed by atoms with Gasteiger partial charge in [-0.2, -0.15) is 0 Å². The van der Waals surface area contributed by atoms with Crippen molar-refractivity contribution in [1.29, 1.82) is 0 Å². The molecule has 1 fully saturated rings. The van der Waals surface area contributed by atoms with Crippen LogP contribution in [0.5, 0.6) is 5.75 Å². The van der Waals surface area contributed by atoms with Crippen molar-refractivity contribution < 1.29 is 9.53 Å². The summed E-state index contributed by atoms with van der Waals surface area (Å²) in [7, 11) is 1.66. The largest absolute Gasteiger partial charge is 0.497 e. The van der Waals surface area contributed by atoms with E-state index in [-0.39, 0.29) is 24.4 Å². The fourth-order valence-corrected chi connectivity index (χ4v) is 2.19. The summed E-state index contributed by atoms with van der Waals surface area (Å²) in [5.74, 6) is 0.978. The van der Waals surface area contributed by atoms with Gasteiger partial charge in [0.1, 0.15) is 5.75 Å². The van der Waals surface area contributed by atoms with Crippen LogP contribution in [-0.4, -0.2) is 32.1 Å². The van der Waals surface area contributed by atoms with Crippen molar-refractivity contribution in [1.82, 2.24) is 10.6 Å². The average molecular weight is 285 g/mol. The van der Waals surface area contributed by atoms with Crippen LogP contribution in [0, 0.1) is 0 Å². The monoisotopic (exact) mass is 284 g/mol. The number of rotatable bonds is 5. The summed E-state index contributed by atoms with van der Waals surface area (Å²) in [6, 6.07) is 7.94. The number of nitrogens with one attached hydrogen (secondary N) is 2. The van der Waals surface area contributed by atoms with Gasteiger partial charge in [-0.25, -0.2) is 0 Å². The first kappa shape index (κ1) is 15.8. The number of carbonyl (C=O) groups excluding carboxylic acids is 1. The molecule has 2 rings (SSSR count). The molecule has 1 heterocycles. The van der Waals surface area contributed by atoms with Crippen molar-refractivity contribution in [2.45, 2.75) is 25.3 Å². The Morgan fingerprint density at radius 2 is 2.37 bits per heavy atom. The lowest BCUT2D eigenvalue weighted by molar-refractivity contribution is -0.122. The summed E-state index contributed by atoms with van der Waals surface area (Å²) in [6.07, 6.45) is 2.87. The molecule has 0 spiro atoms. The molecule has 0 unspecified atom stereocenters. The summed E-state index contributed by atoms with van der Waals surface area (Å²) >= 11 is 0. The smallest absolute Gasteiger partial charge is 0.237 e. The first-order valence-electron chi connectivity index (χ1n) is 6.43. The maximum atomic E-state index is 11.8. The molecule has 1 aliphatic heterocycles. The van der Waals surface area contributed by atoms with Gasteiger partial charge in [-0.15, -0.1) is 12.4 Å². The number of hydrogen-bond acceptors (Lipinski definition) is 3. The zero-order valence-corrected chi connectivity index (χ0v) is 12.0. The predicted octanol–water partition coefficient (Wildman–Crippen LogP) is 1.53. The predicted molar refractivity (Wildman–Crippen MR) is 78.0 cm³/mol. The van der Waals surface area contributed by atoms with Crippen LogP contribution in [0.3, 0.4) is 0 Å². The third kappa shape index (κ3) is 4.73. The lowest BCUT2D eigenvalue weighted by Gasteiger charge is -2.11. The number of amides is 1. The first-order valence-corrected chi connectivity index (χ1v) is 6.43. The molecule has 1 saturated heterocycles. The molecule has 19 heavy (non-hydrogen) atoms. The van der Waals surface area contributed by atoms with Gasteiger partial charge >= 0.3 is 0 Å². The highest BCUT2D eigenvalue weighted by Gasteiger charge is 2.21. The quantitative estimate of drug-likeness (QED) is 0.862. The molecule has 1 atom stereocenters. The lowest BCUT2D eigenvalue weighted by atomic mass is 10.1. The Morgan fingerprint density at radius 3 is 3.05 bits per heavy atom. The Bertz CT molecular complexity index is 406. The third-order valence-corrected chi connectivity index (χ3v) is 3.22. The molecular weight excluding hydrogens is 264 g/mol. The van der Waals surface area contributed by atoms with E-state index in [2.05, 4.69) is 10.6 Å². The fraction of sp³-hybridized carbons (Fsp3) is 0.500. The summed E-state index contributed by atoms with van der Waals surface area (Å²) in [4.78, 5) is 11.8. The van der Waals surface area contributed by atoms with Crippen molar-refractivity contribution >= 4 is 18.3 Å². The van der Waals surface area contributed by atoms with Crippen LogP contribution in [0.2, 0.25) is 0 Å². The number of carbonyl (C=O) groups is 1. The third-order valence-electron chi connectivity index (χ3n) is 3.22. The molecule has 0 bridgehead atoms. The van der Waals surface area contributed by atoms with Crippen LogP contribution >= 0.6 is 12.4 Å². The SMILES string of the molecule is COc1cccc(CCNC(=O)[C@@H]2CCCN2)c1.Cl. The van der Waals surface area contributed by atoms with Gasteiger partial charge in [-0.1, -0.05) is 12.1 Å². The summed E-state index contributed by atoms with van der Waals surface area (Å²) in [5, 5.41) is 6.16. The van der Waals surface area contributed by atoms with Crippen molar-refractivity contribution in [3.63, 3.8) is 0 Å². The molecule has 1 aromatic carbocycles. The van der Waals surface area contributed by atoms with Crippen molar-refractivity contribution in [3.8, 4) is 5.75 Å². The van der Waals surface area contributed by atoms with E-state index in [1.54, 1.807) is 7.11 Å². The normalized spacial score (nSPS) is 17.6. The Balaban J connectivity index is 0.00000180. The Morgan fingerprint density at radius 1 is 1.53 bits per heavy atom. The second kappa shape index (κ2) is 8.02. The molecule has 2 N–H and O–H groups in total. The van der Waals surface area contributed by atoms with Gasteiger partial charge in [-0.05, 0) is 43.5 Å². The van der Waals surface area contributed by atoms with Gasteiger partial charge in [-0.3, -0.25) is 4.79 Å². The van der Waals surface area contributed by atoms with Gasteiger partial charge in [0, 0.05) is 6.54 Å². The Hall–Kier alpha value is -1.26. The standard InChI is InChI=1S/C14H20N2O2.ClH/c1-18-12-5-2-4-11(10-12)7-9-16-14(17)13-6-3-8-15-13;/h2,4-5,10,13,15H,3,6-9H2,1H3,(H,16,17);1H/t13-;/m0./s1. The Kier molecular flexibility index (Phi) is 6.67. The van der Waals surface area contributed by atoms with E-state index in [4.69, 9.17) is 4.74 Å². The molecule has 5 heteroatoms. The van der Waals surface area contributed by atoms with Crippen LogP contribution in [-0.2, 0) is 11.2 Å². The second-order valence-corrected chi connectivity index (χ2v) is 4.54. The van der Waals surface area contributed by atoms with E-state index >= 15 is 0 Å². The molecule has 1 amide bonds. The first-order chi connectivity index (χ1) is 8.79. The van der Waals surface area contributed by atoms with Crippen molar-refractivity contribution in [2.24, 2.45) is 0 Å². The highest BCUT2D eigenvalue weighted by molar-refractivity contribution is 5.85. The van der Waals surface area contributed by atoms with E-state index < -0.39 is 0 Å². The van der Waals surface area contributed by atoms with Gasteiger partial charge in [0.15, 0.2) is 0 Å². The molecule has 1 aromatic rings. The minimum Gasteiger partial charge on any atom is -0.497 e. The number of ether oxygens (including phenoxy) is 1. The number of hydrogen-bond donors (Lipinski definition) is 2. The molecule has 106 valence electrons. The average Bonchev–Trinajstić information content (AvgIpc) is 2.93. The zero-order valence-electron chi connectivity index (χ0n) is 11.1. The molecule has 0 aromatic heterocycles. The maximum absolute atomic E-state index is 11.8. The molecule has 0 saturated carbocycles. The lowest BCUT2D eigenvalue weighted by Crippen LogP contribution is -2.41. The number of halogens is 1. The second-order valence-electron chi connectivity index (χ2n) is 4.54. The molecule has 0 radical (unpaired) electrons. The van der Waals surface area contributed by atoms with Gasteiger partial charge in [0.25, 0.3) is 0 Å². The minimum atomic E-state index is 0. The summed E-state index contributed by atoms with van der Waals surface area (Å²) in [5.41, 5.74) is 1.18. The fourth-order valence-electron chi connectivity index (χ4n) is 2.19. The van der Waals surface area contributed by atoms with E-state index in [1.165, 1.54) is 5.56 Å². The van der Waals surface area contributed by atoms with Crippen LogP contribution in [0.25, 0.3) is 0 Å². The number of benzene rings is 1. The summed E-state index contributed by atoms with van der Waals surface area (Å²) < 4.78 is 5.17. The van der Waals surface area contributed by atoms with Gasteiger partial charge < -0.3 is 15.4 Å². The van der Waals surface area contributed by atoms with Crippen molar-refractivity contribution in [3.05, 3.63) is 29.8 Å². The molecule has 1 aliphatic rings. The molecule has 4 nitrogen and oxygen atoms in total. The molecular formula is C14H21ClN2O2. The summed E-state index contributed by atoms with van der Waals surface area (Å²) in [6.45, 7) is 1.62. The van der Waals surface area contributed by atoms with Crippen LogP contribution < -0.4 is 15.4 Å². The van der Waals surface area contributed by atoms with E-state index in [9.17, 15) is 4.79 Å². The Labute approximate surface area is 120 Å². The maximum Gasteiger partial charge on any atom is 0.237 e. The van der Waals surface area contributed by atoms with E-state index in [1.807, 2.05) is 24.3 Å². The molecule has 0 aliphatic carbocycles. The van der Waals surface area contributed by atoms with Crippen LogP contribution in [0.1, 0.15) is 18.4 Å². The highest BCUT2D eigenvalue weighted by Crippen LogP contribution is 2.12. The van der Waals surface area contributed by atoms with Gasteiger partial charge in [0.2, 0.25) is 5.91 Å². The van der Waals surface area contributed by atoms with Crippen molar-refractivity contribution in [2.75, 3.05) is 20.2 Å². The van der Waals surface area contributed by atoms with Gasteiger partial charge in [0.05, 0.1) is 13.2 Å². The number of methoxy groups -OCH3 is 1. The van der Waals surface area contributed by atoms with E-state index in [0.717, 1.165) is 31.6 Å².